The van der Waals surface area contributed by atoms with Crippen LogP contribution in [0.4, 0.5) is 0 Å². The van der Waals surface area contributed by atoms with E-state index in [1.165, 1.54) is 7.11 Å². The average molecular weight is 213 g/mol. The number of hydrogen-bond donors (Lipinski definition) is 2. The lowest BCUT2D eigenvalue weighted by Crippen LogP contribution is -2.41. The second-order valence-corrected chi connectivity index (χ2v) is 3.10. The Kier molecular flexibility index (Phi) is 4.79. The zero-order valence-corrected chi connectivity index (χ0v) is 8.59. The van der Waals surface area contributed by atoms with Crippen molar-refractivity contribution in [2.45, 2.75) is 12.6 Å². The Hall–Kier alpha value is -1.40. The van der Waals surface area contributed by atoms with Gasteiger partial charge in [0.2, 0.25) is 0 Å². The van der Waals surface area contributed by atoms with Gasteiger partial charge in [-0.05, 0) is 0 Å². The summed E-state index contributed by atoms with van der Waals surface area (Å²) in [5.41, 5.74) is 0. The van der Waals surface area contributed by atoms with Gasteiger partial charge in [-0.1, -0.05) is 0 Å². The number of carboxylic acids is 1. The highest BCUT2D eigenvalue weighted by atomic mass is 16.5. The lowest BCUT2D eigenvalue weighted by Gasteiger charge is -2.13. The summed E-state index contributed by atoms with van der Waals surface area (Å²) >= 11 is 0. The number of methoxy groups -OCH3 is 1. The predicted octanol–water partition coefficient (Wildman–Crippen LogP) is -0.428. The van der Waals surface area contributed by atoms with Crippen LogP contribution in [0.3, 0.4) is 0 Å². The maximum absolute atomic E-state index is 10.7. The quantitative estimate of drug-likeness (QED) is 0.643. The summed E-state index contributed by atoms with van der Waals surface area (Å²) in [5.74, 6) is -0.900. The molecule has 0 aliphatic carbocycles. The molecule has 15 heavy (non-hydrogen) atoms. The van der Waals surface area contributed by atoms with Crippen LogP contribution in [-0.4, -0.2) is 46.9 Å². The SMILES string of the molecule is COCC(NCCn1ccnc1)C(=O)O. The van der Waals surface area contributed by atoms with Gasteiger partial charge in [-0.3, -0.25) is 4.79 Å². The maximum Gasteiger partial charge on any atom is 0.323 e. The van der Waals surface area contributed by atoms with Crippen molar-refractivity contribution in [3.8, 4) is 0 Å². The predicted molar refractivity (Wildman–Crippen MR) is 53.5 cm³/mol. The first-order valence-electron chi connectivity index (χ1n) is 4.65. The summed E-state index contributed by atoms with van der Waals surface area (Å²) in [7, 11) is 1.48. The van der Waals surface area contributed by atoms with E-state index in [2.05, 4.69) is 10.3 Å². The number of rotatable bonds is 7. The fraction of sp³-hybridized carbons (Fsp3) is 0.556. The molecule has 1 aromatic heterocycles. The summed E-state index contributed by atoms with van der Waals surface area (Å²) in [4.78, 5) is 14.6. The molecule has 1 rings (SSSR count). The average Bonchev–Trinajstić information content (AvgIpc) is 2.69. The van der Waals surface area contributed by atoms with Crippen molar-refractivity contribution in [1.29, 1.82) is 0 Å². The number of nitrogens with one attached hydrogen (secondary N) is 1. The van der Waals surface area contributed by atoms with E-state index in [0.717, 1.165) is 0 Å². The number of hydrogen-bond acceptors (Lipinski definition) is 4. The Labute approximate surface area is 87.9 Å². The van der Waals surface area contributed by atoms with E-state index in [1.807, 2.05) is 10.8 Å². The molecule has 0 spiro atoms. The lowest BCUT2D eigenvalue weighted by atomic mass is 10.3. The normalized spacial score (nSPS) is 12.6. The highest BCUT2D eigenvalue weighted by molar-refractivity contribution is 5.73. The Morgan fingerprint density at radius 3 is 3.07 bits per heavy atom. The summed E-state index contributed by atoms with van der Waals surface area (Å²) < 4.78 is 6.66. The smallest absolute Gasteiger partial charge is 0.323 e. The van der Waals surface area contributed by atoms with Crippen LogP contribution in [0, 0.1) is 0 Å². The topological polar surface area (TPSA) is 76.4 Å². The number of nitrogens with zero attached hydrogens (tertiary/aromatic N) is 2. The van der Waals surface area contributed by atoms with Crippen LogP contribution in [0.2, 0.25) is 0 Å². The lowest BCUT2D eigenvalue weighted by molar-refractivity contribution is -0.140. The second-order valence-electron chi connectivity index (χ2n) is 3.10. The Balaban J connectivity index is 2.25. The summed E-state index contributed by atoms with van der Waals surface area (Å²) in [6.07, 6.45) is 5.20. The summed E-state index contributed by atoms with van der Waals surface area (Å²) in [6, 6.07) is -0.654. The van der Waals surface area contributed by atoms with Gasteiger partial charge in [0, 0.05) is 32.6 Å². The molecule has 1 atom stereocenters. The molecule has 0 radical (unpaired) electrons. The minimum atomic E-state index is -0.900. The van der Waals surface area contributed by atoms with Gasteiger partial charge in [0.05, 0.1) is 12.9 Å². The minimum absolute atomic E-state index is 0.166. The third kappa shape index (κ3) is 4.09. The van der Waals surface area contributed by atoms with Gasteiger partial charge >= 0.3 is 5.97 Å². The molecule has 84 valence electrons. The molecule has 0 fully saturated rings. The Morgan fingerprint density at radius 2 is 2.53 bits per heavy atom. The van der Waals surface area contributed by atoms with E-state index in [0.29, 0.717) is 13.1 Å². The molecule has 0 amide bonds. The van der Waals surface area contributed by atoms with Gasteiger partial charge in [-0.15, -0.1) is 0 Å². The molecular weight excluding hydrogens is 198 g/mol. The van der Waals surface area contributed by atoms with Crippen LogP contribution >= 0.6 is 0 Å². The molecular formula is C9H15N3O3. The van der Waals surface area contributed by atoms with Crippen molar-refractivity contribution < 1.29 is 14.6 Å². The number of carbonyl (C=O) groups is 1. The second kappa shape index (κ2) is 6.15. The fourth-order valence-electron chi connectivity index (χ4n) is 1.17. The number of aromatic nitrogens is 2. The van der Waals surface area contributed by atoms with Gasteiger partial charge in [-0.25, -0.2) is 4.98 Å². The van der Waals surface area contributed by atoms with Crippen molar-refractivity contribution in [1.82, 2.24) is 14.9 Å². The van der Waals surface area contributed by atoms with Gasteiger partial charge in [0.15, 0.2) is 0 Å². The van der Waals surface area contributed by atoms with E-state index >= 15 is 0 Å². The van der Waals surface area contributed by atoms with Crippen LogP contribution < -0.4 is 5.32 Å². The monoisotopic (exact) mass is 213 g/mol. The van der Waals surface area contributed by atoms with Crippen molar-refractivity contribution in [2.24, 2.45) is 0 Å². The van der Waals surface area contributed by atoms with Gasteiger partial charge in [0.1, 0.15) is 6.04 Å². The van der Waals surface area contributed by atoms with E-state index in [4.69, 9.17) is 9.84 Å². The van der Waals surface area contributed by atoms with Gasteiger partial charge < -0.3 is 19.7 Å². The standard InChI is InChI=1S/C9H15N3O3/c1-15-6-8(9(13)14)11-3-5-12-4-2-10-7-12/h2,4,7-8,11H,3,5-6H2,1H3,(H,13,14). The summed E-state index contributed by atoms with van der Waals surface area (Å²) in [6.45, 7) is 1.42. The van der Waals surface area contributed by atoms with Crippen molar-refractivity contribution in [3.05, 3.63) is 18.7 Å². The van der Waals surface area contributed by atoms with Crippen LogP contribution in [0.15, 0.2) is 18.7 Å². The molecule has 6 heteroatoms. The molecule has 0 bridgehead atoms. The number of imidazole rings is 1. The molecule has 1 heterocycles. The van der Waals surface area contributed by atoms with Crippen molar-refractivity contribution in [2.75, 3.05) is 20.3 Å². The molecule has 2 N–H and O–H groups in total. The maximum atomic E-state index is 10.7. The highest BCUT2D eigenvalue weighted by Gasteiger charge is 2.15. The van der Waals surface area contributed by atoms with E-state index in [-0.39, 0.29) is 6.61 Å². The third-order valence-corrected chi connectivity index (χ3v) is 1.95. The molecule has 0 saturated heterocycles. The van der Waals surface area contributed by atoms with Crippen molar-refractivity contribution in [3.63, 3.8) is 0 Å². The van der Waals surface area contributed by atoms with Gasteiger partial charge in [0.25, 0.3) is 0 Å². The van der Waals surface area contributed by atoms with E-state index in [9.17, 15) is 4.79 Å². The first-order chi connectivity index (χ1) is 7.24. The number of carboxylic acid groups (broad SMARTS) is 1. The number of ether oxygens (including phenoxy) is 1. The molecule has 0 saturated carbocycles. The molecule has 6 nitrogen and oxygen atoms in total. The Bertz CT molecular complexity index is 287. The van der Waals surface area contributed by atoms with E-state index < -0.39 is 12.0 Å². The summed E-state index contributed by atoms with van der Waals surface area (Å²) in [5, 5.41) is 11.7. The molecule has 0 aliphatic heterocycles. The number of aliphatic carboxylic acids is 1. The molecule has 1 aromatic rings. The third-order valence-electron chi connectivity index (χ3n) is 1.95. The van der Waals surface area contributed by atoms with Crippen LogP contribution in [0.25, 0.3) is 0 Å². The fourth-order valence-corrected chi connectivity index (χ4v) is 1.17. The first kappa shape index (κ1) is 11.7. The molecule has 0 aliphatic rings. The Morgan fingerprint density at radius 1 is 1.73 bits per heavy atom. The molecule has 0 aromatic carbocycles. The highest BCUT2D eigenvalue weighted by Crippen LogP contribution is 1.88. The van der Waals surface area contributed by atoms with Crippen molar-refractivity contribution >= 4 is 5.97 Å². The largest absolute Gasteiger partial charge is 0.480 e. The first-order valence-corrected chi connectivity index (χ1v) is 4.65. The van der Waals surface area contributed by atoms with Crippen LogP contribution in [0.5, 0.6) is 0 Å². The van der Waals surface area contributed by atoms with Crippen LogP contribution in [-0.2, 0) is 16.1 Å². The van der Waals surface area contributed by atoms with E-state index in [1.54, 1.807) is 12.5 Å². The zero-order valence-electron chi connectivity index (χ0n) is 8.59. The minimum Gasteiger partial charge on any atom is -0.480 e. The zero-order chi connectivity index (χ0) is 11.1. The molecule has 1 unspecified atom stereocenters. The van der Waals surface area contributed by atoms with Gasteiger partial charge in [-0.2, -0.15) is 0 Å². The van der Waals surface area contributed by atoms with Crippen LogP contribution in [0.1, 0.15) is 0 Å².